The Morgan fingerprint density at radius 1 is 0.474 bits per heavy atom. The number of hydrogen-bond donors (Lipinski definition) is 10. The maximum atomic E-state index is 14.9. The van der Waals surface area contributed by atoms with E-state index in [4.69, 9.17) is 24.7 Å². The number of ether oxygens (including phenoxy) is 4. The number of carboxylic acid groups (broad SMARTS) is 1. The van der Waals surface area contributed by atoms with Crippen molar-refractivity contribution in [2.45, 2.75) is 264 Å². The number of aliphatic carboxylic acids is 1. The Morgan fingerprint density at radius 3 is 1.29 bits per heavy atom. The van der Waals surface area contributed by atoms with E-state index in [1.807, 2.05) is 0 Å². The maximum absolute atomic E-state index is 14.9. The molecular weight excluding hydrogens is 1260 g/mol. The number of likely N-dealkylation sites (tertiary alicyclic amines) is 1. The summed E-state index contributed by atoms with van der Waals surface area (Å²) in [5, 5.41) is 30.9. The molecular formula is C69H106N10O18. The van der Waals surface area contributed by atoms with Crippen LogP contribution in [-0.4, -0.2) is 183 Å². The summed E-state index contributed by atoms with van der Waals surface area (Å²) in [4.78, 5) is 180. The van der Waals surface area contributed by atoms with Gasteiger partial charge in [-0.2, -0.15) is 0 Å². The number of carboxylic acids is 1. The molecule has 540 valence electrons. The number of nitrogens with two attached hydrogens (primary N) is 1. The molecule has 0 aliphatic carbocycles. The van der Waals surface area contributed by atoms with E-state index < -0.39 is 166 Å². The zero-order valence-electron chi connectivity index (χ0n) is 59.2. The van der Waals surface area contributed by atoms with Crippen LogP contribution in [0.25, 0.3) is 0 Å². The topological polar surface area (TPSA) is 405 Å². The van der Waals surface area contributed by atoms with E-state index >= 15 is 0 Å². The van der Waals surface area contributed by atoms with E-state index in [1.54, 1.807) is 158 Å². The summed E-state index contributed by atoms with van der Waals surface area (Å²) in [6.45, 7) is 26.0. The first-order chi connectivity index (χ1) is 44.9. The van der Waals surface area contributed by atoms with Gasteiger partial charge in [-0.3, -0.25) is 57.5 Å². The number of hydrogen-bond acceptors (Lipinski definition) is 18. The molecule has 1 fully saturated rings. The third-order valence-corrected chi connectivity index (χ3v) is 14.6. The lowest BCUT2D eigenvalue weighted by atomic mass is 10.0. The fourth-order valence-corrected chi connectivity index (χ4v) is 9.91. The summed E-state index contributed by atoms with van der Waals surface area (Å²) in [6, 6.07) is 3.39. The third-order valence-electron chi connectivity index (χ3n) is 14.6. The minimum absolute atomic E-state index is 0.0364. The van der Waals surface area contributed by atoms with Crippen molar-refractivity contribution in [2.24, 2.45) is 11.7 Å². The molecule has 0 spiro atoms. The lowest BCUT2D eigenvalue weighted by Gasteiger charge is -2.31. The summed E-state index contributed by atoms with van der Waals surface area (Å²) in [6.07, 6.45) is -1.42. The highest BCUT2D eigenvalue weighted by Crippen LogP contribution is 2.22. The van der Waals surface area contributed by atoms with Gasteiger partial charge in [0.2, 0.25) is 53.2 Å². The fourth-order valence-electron chi connectivity index (χ4n) is 9.91. The summed E-state index contributed by atoms with van der Waals surface area (Å²) >= 11 is 0. The van der Waals surface area contributed by atoms with Gasteiger partial charge in [0.25, 0.3) is 0 Å². The van der Waals surface area contributed by atoms with Gasteiger partial charge in [-0.1, -0.05) is 74.5 Å². The average Bonchev–Trinajstić information content (AvgIpc) is 1.77. The van der Waals surface area contributed by atoms with E-state index in [0.717, 1.165) is 0 Å². The number of carbonyl (C=O) groups excluding carboxylic acids is 12. The van der Waals surface area contributed by atoms with Gasteiger partial charge < -0.3 is 77.2 Å². The molecule has 2 aromatic carbocycles. The van der Waals surface area contributed by atoms with E-state index in [9.17, 15) is 67.4 Å². The van der Waals surface area contributed by atoms with Crippen LogP contribution in [0.2, 0.25) is 0 Å². The Kier molecular flexibility index (Phi) is 32.3. The minimum Gasteiger partial charge on any atom is -0.480 e. The lowest BCUT2D eigenvalue weighted by Crippen LogP contribution is -2.60. The van der Waals surface area contributed by atoms with Crippen molar-refractivity contribution < 1.29 is 86.4 Å². The Bertz CT molecular complexity index is 3030. The van der Waals surface area contributed by atoms with Crippen LogP contribution in [0.1, 0.15) is 180 Å². The third kappa shape index (κ3) is 31.9. The van der Waals surface area contributed by atoms with E-state index in [-0.39, 0.29) is 76.9 Å². The zero-order chi connectivity index (χ0) is 73.3. The maximum Gasteiger partial charge on any atom is 0.326 e. The standard InChI is InChI=1S/C69H106N10O18/c1-40(2)36-48(61(88)74-47(31-34-55(82)97-69(14,15)16)60(87)77-50(65(92)93)38-44-26-21-18-22-27-44)75-63(90)52-28-23-35-79(52)64(91)49(37-43-24-19-17-20-25-43)76-57(84)42(4)71-59(86)46(30-33-54(81)96-68(11,12)13)73-56(83)41(3)72-62(89)51(39-94-66(5,6)7)78-58(85)45(70)29-32-53(80)95-67(8,9)10/h17-22,24-27,40-42,45-52H,23,28-39,70H2,1-16H3,(H,71,86)(H,72,89)(H,73,83)(H,74,88)(H,75,90)(H,76,84)(H,77,87)(H,78,85)(H,92,93)/t41-,42-,45-,46-,47-,48-,49-,50-,51-,52-/m0/s1. The second kappa shape index (κ2) is 37.8. The quantitative estimate of drug-likeness (QED) is 0.0350. The van der Waals surface area contributed by atoms with Gasteiger partial charge in [0.05, 0.1) is 18.2 Å². The molecule has 97 heavy (non-hydrogen) atoms. The van der Waals surface area contributed by atoms with E-state index in [0.29, 0.717) is 17.5 Å². The molecule has 11 N–H and O–H groups in total. The molecule has 0 radical (unpaired) electrons. The van der Waals surface area contributed by atoms with Crippen LogP contribution in [0, 0.1) is 5.92 Å². The molecule has 28 nitrogen and oxygen atoms in total. The predicted octanol–water partition coefficient (Wildman–Crippen LogP) is 3.02. The first-order valence-electron chi connectivity index (χ1n) is 33.0. The number of amides is 9. The van der Waals surface area contributed by atoms with Gasteiger partial charge in [-0.05, 0) is 153 Å². The SMILES string of the molecule is CC(C)C[C@H](NC(=O)[C@@H]1CCCN1C(=O)[C@H](Cc1ccccc1)NC(=O)[C@H](C)NC(=O)[C@H](CCC(=O)OC(C)(C)C)NC(=O)[C@H](C)NC(=O)[C@H](COC(C)(C)C)NC(=O)[C@@H](N)CCC(=O)OC(C)(C)C)C(=O)N[C@@H](CCC(=O)OC(C)(C)C)C(=O)N[C@@H](Cc1ccccc1)C(=O)O. The molecule has 0 bridgehead atoms. The van der Waals surface area contributed by atoms with Crippen LogP contribution >= 0.6 is 0 Å². The second-order valence-electron chi connectivity index (χ2n) is 28.8. The van der Waals surface area contributed by atoms with Crippen molar-refractivity contribution in [3.8, 4) is 0 Å². The Balaban J connectivity index is 1.88. The van der Waals surface area contributed by atoms with E-state index in [2.05, 4.69) is 42.5 Å². The van der Waals surface area contributed by atoms with Gasteiger partial charge in [-0.25, -0.2) is 4.79 Å². The summed E-state index contributed by atoms with van der Waals surface area (Å²) < 4.78 is 22.0. The van der Waals surface area contributed by atoms with Crippen molar-refractivity contribution in [2.75, 3.05) is 13.2 Å². The highest BCUT2D eigenvalue weighted by atomic mass is 16.6. The van der Waals surface area contributed by atoms with Crippen molar-refractivity contribution in [3.63, 3.8) is 0 Å². The molecule has 0 aromatic heterocycles. The number of rotatable bonds is 35. The normalized spacial score (nSPS) is 16.2. The van der Waals surface area contributed by atoms with Crippen LogP contribution in [0.4, 0.5) is 0 Å². The molecule has 1 heterocycles. The molecule has 2 aromatic rings. The molecule has 3 rings (SSSR count). The number of nitrogens with zero attached hydrogens (tertiary/aromatic N) is 1. The molecule has 28 heteroatoms. The Morgan fingerprint density at radius 2 is 0.856 bits per heavy atom. The van der Waals surface area contributed by atoms with Gasteiger partial charge in [0, 0.05) is 38.6 Å². The number of benzene rings is 2. The van der Waals surface area contributed by atoms with E-state index in [1.165, 1.54) is 18.7 Å². The second-order valence-corrected chi connectivity index (χ2v) is 28.8. The lowest BCUT2D eigenvalue weighted by molar-refractivity contribution is -0.156. The van der Waals surface area contributed by atoms with Gasteiger partial charge in [0.1, 0.15) is 71.2 Å². The van der Waals surface area contributed by atoms with Gasteiger partial charge in [-0.15, -0.1) is 0 Å². The number of nitrogens with one attached hydrogen (secondary N) is 8. The van der Waals surface area contributed by atoms with Gasteiger partial charge in [0.15, 0.2) is 0 Å². The summed E-state index contributed by atoms with van der Waals surface area (Å²) in [7, 11) is 0. The molecule has 9 amide bonds. The molecule has 1 saturated heterocycles. The summed E-state index contributed by atoms with van der Waals surface area (Å²) in [5.41, 5.74) is 3.95. The van der Waals surface area contributed by atoms with Gasteiger partial charge >= 0.3 is 23.9 Å². The Labute approximate surface area is 569 Å². The van der Waals surface area contributed by atoms with Crippen molar-refractivity contribution >= 4 is 77.0 Å². The monoisotopic (exact) mass is 1360 g/mol. The van der Waals surface area contributed by atoms with Crippen molar-refractivity contribution in [3.05, 3.63) is 71.8 Å². The largest absolute Gasteiger partial charge is 0.480 e. The minimum atomic E-state index is -1.54. The molecule has 10 atom stereocenters. The highest BCUT2D eigenvalue weighted by molar-refractivity contribution is 5.99. The van der Waals surface area contributed by atoms with Crippen LogP contribution < -0.4 is 48.3 Å². The average molecular weight is 1360 g/mol. The first-order valence-corrected chi connectivity index (χ1v) is 33.0. The first kappa shape index (κ1) is 82.7. The smallest absolute Gasteiger partial charge is 0.326 e. The molecule has 1 aliphatic heterocycles. The molecule has 1 aliphatic rings. The van der Waals surface area contributed by atoms with Crippen LogP contribution in [-0.2, 0) is 94.1 Å². The number of esters is 3. The molecule has 0 saturated carbocycles. The highest BCUT2D eigenvalue weighted by Gasteiger charge is 2.41. The molecule has 0 unspecified atom stereocenters. The van der Waals surface area contributed by atoms with Crippen molar-refractivity contribution in [1.29, 1.82) is 0 Å². The number of carbonyl (C=O) groups is 13. The summed E-state index contributed by atoms with van der Waals surface area (Å²) in [5.74, 6) is -11.2. The fraction of sp³-hybridized carbons (Fsp3) is 0.638. The predicted molar refractivity (Wildman–Crippen MR) is 358 cm³/mol. The zero-order valence-corrected chi connectivity index (χ0v) is 59.2. The van der Waals surface area contributed by atoms with Crippen LogP contribution in [0.15, 0.2) is 60.7 Å². The van der Waals surface area contributed by atoms with Crippen LogP contribution in [0.5, 0.6) is 0 Å². The van der Waals surface area contributed by atoms with Crippen molar-refractivity contribution in [1.82, 2.24) is 47.4 Å². The Hall–Kier alpha value is -8.53. The van der Waals surface area contributed by atoms with Crippen LogP contribution in [0.3, 0.4) is 0 Å².